The molecule has 0 radical (unpaired) electrons. The van der Waals surface area contributed by atoms with Crippen LogP contribution in [0.1, 0.15) is 51.9 Å². The van der Waals surface area contributed by atoms with E-state index < -0.39 is 0 Å². The first-order chi connectivity index (χ1) is 19.8. The van der Waals surface area contributed by atoms with Crippen molar-refractivity contribution in [1.29, 1.82) is 0 Å². The molecule has 2 N–H and O–H groups in total. The van der Waals surface area contributed by atoms with Gasteiger partial charge in [-0.25, -0.2) is 4.98 Å². The quantitative estimate of drug-likeness (QED) is 0.222. The minimum absolute atomic E-state index is 0.122. The van der Waals surface area contributed by atoms with Crippen molar-refractivity contribution >= 4 is 17.2 Å². The first-order valence-electron chi connectivity index (χ1n) is 13.8. The zero-order valence-corrected chi connectivity index (χ0v) is 24.2. The fourth-order valence-corrected chi connectivity index (χ4v) is 4.80. The number of hydrogen-bond donors (Lipinski definition) is 2. The molecule has 0 amide bonds. The number of nitrogens with one attached hydrogen (secondary N) is 2. The highest BCUT2D eigenvalue weighted by atomic mass is 16.6. The van der Waals surface area contributed by atoms with E-state index in [4.69, 9.17) is 9.82 Å². The molecule has 0 fully saturated rings. The van der Waals surface area contributed by atoms with Crippen LogP contribution in [0.4, 0.5) is 0 Å². The highest BCUT2D eigenvalue weighted by Crippen LogP contribution is 2.30. The summed E-state index contributed by atoms with van der Waals surface area (Å²) >= 11 is 0. The van der Waals surface area contributed by atoms with Gasteiger partial charge in [-0.15, -0.1) is 10.2 Å². The van der Waals surface area contributed by atoms with Gasteiger partial charge in [-0.1, -0.05) is 82.6 Å². The Labute approximate surface area is 239 Å². The number of rotatable bonds is 10. The smallest absolute Gasteiger partial charge is 0.280 e. The molecule has 0 aliphatic rings. The van der Waals surface area contributed by atoms with E-state index in [9.17, 15) is 4.79 Å². The number of benzene rings is 2. The van der Waals surface area contributed by atoms with Crippen LogP contribution in [-0.4, -0.2) is 41.9 Å². The Bertz CT molecular complexity index is 1710. The molecule has 0 aliphatic heterocycles. The van der Waals surface area contributed by atoms with E-state index in [0.29, 0.717) is 23.4 Å². The molecular weight excluding hydrogens is 516 g/mol. The van der Waals surface area contributed by atoms with Gasteiger partial charge in [-0.2, -0.15) is 5.21 Å². The van der Waals surface area contributed by atoms with E-state index >= 15 is 0 Å². The number of unbranched alkanes of at least 4 members (excludes halogenated alkanes) is 1. The molecule has 10 heteroatoms. The van der Waals surface area contributed by atoms with E-state index in [2.05, 4.69) is 82.6 Å². The maximum absolute atomic E-state index is 13.9. The van der Waals surface area contributed by atoms with Gasteiger partial charge in [0.15, 0.2) is 0 Å². The monoisotopic (exact) mass is 552 g/mol. The molecule has 0 unspecified atom stereocenters. The minimum Gasteiger partial charge on any atom is -0.319 e. The van der Waals surface area contributed by atoms with Gasteiger partial charge in [0.25, 0.3) is 5.56 Å². The lowest BCUT2D eigenvalue weighted by molar-refractivity contribution is 0.101. The summed E-state index contributed by atoms with van der Waals surface area (Å²) in [5.41, 5.74) is 8.68. The molecule has 0 bridgehead atoms. The number of nitrogens with zero attached hydrogens (tertiary/aromatic N) is 6. The third kappa shape index (κ3) is 5.97. The van der Waals surface area contributed by atoms with Gasteiger partial charge in [0.2, 0.25) is 5.82 Å². The molecule has 3 aromatic heterocycles. The Morgan fingerprint density at radius 1 is 1.07 bits per heavy atom. The molecule has 0 atom stereocenters. The van der Waals surface area contributed by atoms with Crippen LogP contribution in [-0.2, 0) is 17.8 Å². The van der Waals surface area contributed by atoms with Crippen molar-refractivity contribution in [2.75, 3.05) is 7.11 Å². The zero-order chi connectivity index (χ0) is 29.0. The van der Waals surface area contributed by atoms with Crippen molar-refractivity contribution in [1.82, 2.24) is 40.2 Å². The average molecular weight is 553 g/mol. The van der Waals surface area contributed by atoms with Gasteiger partial charge in [-0.05, 0) is 34.4 Å². The number of tetrazole rings is 1. The molecule has 0 aliphatic carbocycles. The highest BCUT2D eigenvalue weighted by Gasteiger charge is 2.20. The van der Waals surface area contributed by atoms with Crippen LogP contribution in [0.3, 0.4) is 0 Å². The summed E-state index contributed by atoms with van der Waals surface area (Å²) in [6, 6.07) is 18.3. The molecule has 0 spiro atoms. The highest BCUT2D eigenvalue weighted by molar-refractivity contribution is 5.80. The Balaban J connectivity index is 1.54. The van der Waals surface area contributed by atoms with Crippen molar-refractivity contribution in [2.24, 2.45) is 5.41 Å². The van der Waals surface area contributed by atoms with Crippen LogP contribution in [0.25, 0.3) is 39.7 Å². The van der Waals surface area contributed by atoms with E-state index in [1.165, 1.54) is 0 Å². The van der Waals surface area contributed by atoms with Gasteiger partial charge in [-0.3, -0.25) is 19.7 Å². The lowest BCUT2D eigenvalue weighted by Crippen LogP contribution is -2.26. The van der Waals surface area contributed by atoms with Crippen LogP contribution in [0, 0.1) is 5.41 Å². The largest absolute Gasteiger partial charge is 0.319 e. The Morgan fingerprint density at radius 2 is 1.83 bits per heavy atom. The molecule has 10 nitrogen and oxygen atoms in total. The van der Waals surface area contributed by atoms with E-state index in [0.717, 1.165) is 53.0 Å². The van der Waals surface area contributed by atoms with Crippen molar-refractivity contribution in [2.45, 2.75) is 53.5 Å². The van der Waals surface area contributed by atoms with Gasteiger partial charge in [0.05, 0.1) is 18.3 Å². The summed E-state index contributed by atoms with van der Waals surface area (Å²) in [4.78, 5) is 23.9. The van der Waals surface area contributed by atoms with Crippen LogP contribution in [0.5, 0.6) is 0 Å². The molecule has 5 aromatic rings. The SMILES string of the molecule is CCCCc1nc2ccn(C=C(NOC)C(C)(C)C)c(=O)c2n1Cc1ccc(-c2ccccc2-c2nn[nH]n2)cc1. The number of H-pyrrole nitrogens is 1. The molecule has 2 aromatic carbocycles. The van der Waals surface area contributed by atoms with Gasteiger partial charge in [0, 0.05) is 36.3 Å². The summed E-state index contributed by atoms with van der Waals surface area (Å²) < 4.78 is 3.68. The third-order valence-electron chi connectivity index (χ3n) is 7.06. The average Bonchev–Trinajstić information content (AvgIpc) is 3.62. The number of aryl methyl sites for hydroxylation is 1. The first-order valence-corrected chi connectivity index (χ1v) is 13.8. The first kappa shape index (κ1) is 28.0. The summed E-state index contributed by atoms with van der Waals surface area (Å²) in [5.74, 6) is 1.47. The minimum atomic E-state index is -0.249. The molecular formula is C31H36N8O2. The second-order valence-electron chi connectivity index (χ2n) is 11.1. The number of aromatic nitrogens is 7. The number of imidazole rings is 1. The zero-order valence-electron chi connectivity index (χ0n) is 24.2. The number of allylic oxidation sites excluding steroid dienone is 1. The van der Waals surface area contributed by atoms with Gasteiger partial charge >= 0.3 is 0 Å². The van der Waals surface area contributed by atoms with Crippen molar-refractivity contribution in [3.8, 4) is 22.5 Å². The van der Waals surface area contributed by atoms with Crippen molar-refractivity contribution < 1.29 is 4.84 Å². The maximum Gasteiger partial charge on any atom is 0.280 e. The van der Waals surface area contributed by atoms with E-state index in [1.54, 1.807) is 24.1 Å². The Kier molecular flexibility index (Phi) is 8.11. The molecule has 41 heavy (non-hydrogen) atoms. The normalized spacial score (nSPS) is 12.3. The number of fused-ring (bicyclic) bond motifs is 1. The van der Waals surface area contributed by atoms with E-state index in [1.807, 2.05) is 30.3 Å². The number of hydrogen-bond acceptors (Lipinski definition) is 7. The van der Waals surface area contributed by atoms with Crippen LogP contribution < -0.4 is 11.0 Å². The fraction of sp³-hybridized carbons (Fsp3) is 0.323. The lowest BCUT2D eigenvalue weighted by Gasteiger charge is -2.23. The summed E-state index contributed by atoms with van der Waals surface area (Å²) in [6.07, 6.45) is 6.40. The van der Waals surface area contributed by atoms with Crippen LogP contribution in [0.15, 0.2) is 71.3 Å². The summed E-state index contributed by atoms with van der Waals surface area (Å²) in [7, 11) is 1.57. The van der Waals surface area contributed by atoms with Crippen molar-refractivity contribution in [3.63, 3.8) is 0 Å². The molecule has 212 valence electrons. The third-order valence-corrected chi connectivity index (χ3v) is 7.06. The van der Waals surface area contributed by atoms with E-state index in [-0.39, 0.29) is 11.0 Å². The lowest BCUT2D eigenvalue weighted by atomic mass is 9.93. The Morgan fingerprint density at radius 3 is 2.49 bits per heavy atom. The van der Waals surface area contributed by atoms with Crippen molar-refractivity contribution in [3.05, 3.63) is 88.2 Å². The number of hydroxylamine groups is 1. The molecule has 0 saturated heterocycles. The van der Waals surface area contributed by atoms with Crippen LogP contribution in [0.2, 0.25) is 0 Å². The van der Waals surface area contributed by atoms with Gasteiger partial charge in [0.1, 0.15) is 11.3 Å². The standard InChI is InChI=1S/C31H36N8O2/c1-6-7-12-27-32-25-17-18-38(20-26(35-41-5)31(2,3)4)30(40)28(25)39(27)19-21-13-15-22(16-14-21)23-10-8-9-11-24(23)29-33-36-37-34-29/h8-11,13-18,20,35H,6-7,12,19H2,1-5H3,(H,33,34,36,37). The molecule has 5 rings (SSSR count). The number of pyridine rings is 1. The molecule has 0 saturated carbocycles. The second-order valence-corrected chi connectivity index (χ2v) is 11.1. The predicted octanol–water partition coefficient (Wildman–Crippen LogP) is 5.43. The van der Waals surface area contributed by atoms with Crippen LogP contribution >= 0.6 is 0 Å². The topological polar surface area (TPSA) is 116 Å². The Hall–Kier alpha value is -4.57. The molecule has 3 heterocycles. The van der Waals surface area contributed by atoms with Gasteiger partial charge < -0.3 is 4.57 Å². The fourth-order valence-electron chi connectivity index (χ4n) is 4.80. The summed E-state index contributed by atoms with van der Waals surface area (Å²) in [5, 5.41) is 14.5. The number of aromatic amines is 1. The maximum atomic E-state index is 13.9. The second kappa shape index (κ2) is 11.9. The predicted molar refractivity (Wildman–Crippen MR) is 161 cm³/mol. The summed E-state index contributed by atoms with van der Waals surface area (Å²) in [6.45, 7) is 8.88.